The molecular formula is C22H32Cl2N8O3. The molecule has 0 heterocycles. The second-order valence-electron chi connectivity index (χ2n) is 6.37. The summed E-state index contributed by atoms with van der Waals surface area (Å²) in [6.07, 6.45) is 2.33. The summed E-state index contributed by atoms with van der Waals surface area (Å²) in [5.41, 5.74) is 18.6. The van der Waals surface area contributed by atoms with Gasteiger partial charge in [-0.25, -0.2) is 11.0 Å². The summed E-state index contributed by atoms with van der Waals surface area (Å²) in [6.45, 7) is 8.46. The lowest BCUT2D eigenvalue weighted by Gasteiger charge is -2.02. The van der Waals surface area contributed by atoms with Crippen molar-refractivity contribution in [1.82, 2.24) is 11.0 Å². The molecule has 0 radical (unpaired) electrons. The van der Waals surface area contributed by atoms with Gasteiger partial charge < -0.3 is 17.3 Å². The maximum Gasteiger partial charge on any atom is 0.237 e. The SMILES string of the molecule is CCONC(N)=N/N=C/c1c(C)cccc1Cl.CCONC(N)=NN.Cc1cccc(Cl)c1C=O. The predicted octanol–water partition coefficient (Wildman–Crippen LogP) is 3.01. The van der Waals surface area contributed by atoms with E-state index in [1.165, 1.54) is 0 Å². The van der Waals surface area contributed by atoms with E-state index >= 15 is 0 Å². The highest BCUT2D eigenvalue weighted by Gasteiger charge is 2.00. The predicted molar refractivity (Wildman–Crippen MR) is 142 cm³/mol. The number of aryl methyl sites for hydroxylation is 2. The summed E-state index contributed by atoms with van der Waals surface area (Å²) in [5.74, 6) is 4.90. The van der Waals surface area contributed by atoms with Crippen LogP contribution in [0, 0.1) is 13.8 Å². The van der Waals surface area contributed by atoms with Crippen LogP contribution in [0.1, 0.15) is 40.9 Å². The number of hydroxylamine groups is 2. The lowest BCUT2D eigenvalue weighted by Crippen LogP contribution is -2.32. The fourth-order valence-corrected chi connectivity index (χ4v) is 2.63. The Morgan fingerprint density at radius 3 is 1.80 bits per heavy atom. The van der Waals surface area contributed by atoms with Gasteiger partial charge in [0.1, 0.15) is 0 Å². The minimum absolute atomic E-state index is 0.0758. The summed E-state index contributed by atoms with van der Waals surface area (Å²) in [6, 6.07) is 11.0. The zero-order chi connectivity index (χ0) is 26.6. The van der Waals surface area contributed by atoms with Crippen LogP contribution in [0.4, 0.5) is 0 Å². The third-order valence-corrected chi connectivity index (χ3v) is 4.45. The number of nitrogens with zero attached hydrogens (tertiary/aromatic N) is 3. The molecule has 0 saturated heterocycles. The van der Waals surface area contributed by atoms with Crippen LogP contribution in [0.3, 0.4) is 0 Å². The fraction of sp³-hybridized carbons (Fsp3) is 0.273. The molecule has 8 N–H and O–H groups in total. The molecule has 2 aromatic rings. The van der Waals surface area contributed by atoms with E-state index in [1.54, 1.807) is 18.3 Å². The molecular weight excluding hydrogens is 495 g/mol. The van der Waals surface area contributed by atoms with Crippen molar-refractivity contribution in [2.24, 2.45) is 32.6 Å². The minimum Gasteiger partial charge on any atom is -0.367 e. The lowest BCUT2D eigenvalue weighted by atomic mass is 10.1. The number of nitrogens with two attached hydrogens (primary N) is 3. The molecule has 0 saturated carbocycles. The van der Waals surface area contributed by atoms with Gasteiger partial charge in [-0.05, 0) is 51.0 Å². The number of hydrogen-bond donors (Lipinski definition) is 5. The van der Waals surface area contributed by atoms with E-state index in [-0.39, 0.29) is 11.9 Å². The van der Waals surface area contributed by atoms with Gasteiger partial charge in [-0.3, -0.25) is 14.5 Å². The summed E-state index contributed by atoms with van der Waals surface area (Å²) in [4.78, 5) is 19.8. The Morgan fingerprint density at radius 1 is 0.914 bits per heavy atom. The van der Waals surface area contributed by atoms with Crippen molar-refractivity contribution in [3.05, 3.63) is 68.7 Å². The molecule has 0 unspecified atom stereocenters. The van der Waals surface area contributed by atoms with E-state index in [1.807, 2.05) is 52.0 Å². The van der Waals surface area contributed by atoms with Gasteiger partial charge in [0.15, 0.2) is 6.29 Å². The second kappa shape index (κ2) is 19.0. The standard InChI is InChI=1S/C11H15ClN4O.C8H7ClO.C3H10N4O/c1-3-17-16-11(13)15-14-7-9-8(2)5-4-6-10(9)12;1-6-3-2-4-8(9)7(6)5-10;1-2-8-7-3(4)6-5/h4-7H,3H2,1-2H3,(H3,13,15,16);2-5H,1H3;2,5H2,1H3,(H3,4,6,7)/b14-7+;;. The first-order chi connectivity index (χ1) is 16.7. The van der Waals surface area contributed by atoms with Crippen LogP contribution < -0.4 is 28.3 Å². The third-order valence-electron chi connectivity index (χ3n) is 3.79. The molecule has 0 aliphatic carbocycles. The summed E-state index contributed by atoms with van der Waals surface area (Å²) in [7, 11) is 0. The maximum atomic E-state index is 10.4. The Hall–Kier alpha value is -3.38. The van der Waals surface area contributed by atoms with Crippen molar-refractivity contribution in [2.75, 3.05) is 13.2 Å². The van der Waals surface area contributed by atoms with Crippen molar-refractivity contribution >= 4 is 47.6 Å². The molecule has 0 aromatic heterocycles. The van der Waals surface area contributed by atoms with Crippen LogP contribution in [0.5, 0.6) is 0 Å². The lowest BCUT2D eigenvalue weighted by molar-refractivity contribution is 0.0957. The number of carbonyl (C=O) groups is 1. The highest BCUT2D eigenvalue weighted by molar-refractivity contribution is 6.33. The molecule has 0 fully saturated rings. The first-order valence-corrected chi connectivity index (χ1v) is 11.1. The monoisotopic (exact) mass is 526 g/mol. The number of aldehydes is 1. The number of nitrogens with one attached hydrogen (secondary N) is 2. The van der Waals surface area contributed by atoms with Crippen molar-refractivity contribution in [2.45, 2.75) is 27.7 Å². The fourth-order valence-electron chi connectivity index (χ4n) is 2.09. The molecule has 0 atom stereocenters. The molecule has 11 nitrogen and oxygen atoms in total. The van der Waals surface area contributed by atoms with Crippen molar-refractivity contribution in [3.8, 4) is 0 Å². The van der Waals surface area contributed by atoms with Crippen LogP contribution >= 0.6 is 23.2 Å². The van der Waals surface area contributed by atoms with Gasteiger partial charge in [0.2, 0.25) is 11.9 Å². The first-order valence-electron chi connectivity index (χ1n) is 10.3. The van der Waals surface area contributed by atoms with Gasteiger partial charge in [0.05, 0.1) is 24.5 Å². The van der Waals surface area contributed by atoms with Crippen molar-refractivity contribution in [3.63, 3.8) is 0 Å². The van der Waals surface area contributed by atoms with E-state index in [2.05, 4.69) is 31.1 Å². The van der Waals surface area contributed by atoms with E-state index in [9.17, 15) is 4.79 Å². The van der Waals surface area contributed by atoms with E-state index < -0.39 is 0 Å². The van der Waals surface area contributed by atoms with E-state index in [0.29, 0.717) is 28.8 Å². The average Bonchev–Trinajstić information content (AvgIpc) is 2.84. The molecule has 2 aromatic carbocycles. The van der Waals surface area contributed by atoms with E-state index in [4.69, 9.17) is 45.3 Å². The average molecular weight is 527 g/mol. The highest BCUT2D eigenvalue weighted by Crippen LogP contribution is 2.17. The number of rotatable bonds is 7. The van der Waals surface area contributed by atoms with Crippen molar-refractivity contribution in [1.29, 1.82) is 0 Å². The highest BCUT2D eigenvalue weighted by atomic mass is 35.5. The van der Waals surface area contributed by atoms with E-state index in [0.717, 1.165) is 23.0 Å². The Bertz CT molecular complexity index is 960. The maximum absolute atomic E-state index is 10.4. The Labute approximate surface area is 215 Å². The molecule has 0 bridgehead atoms. The molecule has 35 heavy (non-hydrogen) atoms. The first kappa shape index (κ1) is 31.6. The molecule has 0 aliphatic rings. The molecule has 0 spiro atoms. The Morgan fingerprint density at radius 2 is 1.40 bits per heavy atom. The van der Waals surface area contributed by atoms with Gasteiger partial charge in [-0.1, -0.05) is 47.5 Å². The number of halogens is 2. The van der Waals surface area contributed by atoms with Crippen molar-refractivity contribution < 1.29 is 14.5 Å². The van der Waals surface area contributed by atoms with Crippen LogP contribution in [0.25, 0.3) is 0 Å². The Balaban J connectivity index is 0.000000545. The number of hydrazone groups is 1. The number of carbonyl (C=O) groups excluding carboxylic acids is 1. The van der Waals surface area contributed by atoms with Gasteiger partial charge in [0.25, 0.3) is 0 Å². The van der Waals surface area contributed by atoms with Crippen LogP contribution in [0.2, 0.25) is 10.0 Å². The largest absolute Gasteiger partial charge is 0.367 e. The quantitative estimate of drug-likeness (QED) is 0.120. The van der Waals surface area contributed by atoms with Crippen LogP contribution in [-0.4, -0.2) is 37.6 Å². The topological polar surface area (TPSA) is 175 Å². The smallest absolute Gasteiger partial charge is 0.237 e. The van der Waals surface area contributed by atoms with Crippen LogP contribution in [0.15, 0.2) is 51.7 Å². The van der Waals surface area contributed by atoms with Gasteiger partial charge in [-0.15, -0.1) is 10.2 Å². The summed E-state index contributed by atoms with van der Waals surface area (Å²) in [5, 5.41) is 11.8. The second-order valence-corrected chi connectivity index (χ2v) is 7.19. The molecule has 2 rings (SSSR count). The Kier molecular flexibility index (Phi) is 17.1. The summed E-state index contributed by atoms with van der Waals surface area (Å²) >= 11 is 11.7. The zero-order valence-electron chi connectivity index (χ0n) is 20.1. The molecule has 0 amide bonds. The normalized spacial score (nSPS) is 11.1. The van der Waals surface area contributed by atoms with Crippen LogP contribution in [-0.2, 0) is 9.68 Å². The van der Waals surface area contributed by atoms with Gasteiger partial charge in [0, 0.05) is 16.1 Å². The summed E-state index contributed by atoms with van der Waals surface area (Å²) < 4.78 is 0. The molecule has 0 aliphatic heterocycles. The number of benzene rings is 2. The number of hydrogen-bond acceptors (Lipinski definition) is 7. The number of guanidine groups is 2. The third kappa shape index (κ3) is 13.8. The molecule has 13 heteroatoms. The molecule has 192 valence electrons. The minimum atomic E-state index is 0.0758. The van der Waals surface area contributed by atoms with Gasteiger partial charge in [-0.2, -0.15) is 5.10 Å². The zero-order valence-corrected chi connectivity index (χ0v) is 21.6. The van der Waals surface area contributed by atoms with Gasteiger partial charge >= 0.3 is 0 Å².